The van der Waals surface area contributed by atoms with Crippen LogP contribution in [0.5, 0.6) is 0 Å². The van der Waals surface area contributed by atoms with Gasteiger partial charge in [0.05, 0.1) is 11.4 Å². The van der Waals surface area contributed by atoms with Crippen LogP contribution in [0.25, 0.3) is 0 Å². The van der Waals surface area contributed by atoms with E-state index in [1.165, 1.54) is 5.56 Å². The summed E-state index contributed by atoms with van der Waals surface area (Å²) >= 11 is 1.58. The Balaban J connectivity index is 2.18. The number of amides is 1. The van der Waals surface area contributed by atoms with Gasteiger partial charge >= 0.3 is 0 Å². The minimum absolute atomic E-state index is 0.0235. The molecule has 3 nitrogen and oxygen atoms in total. The molecule has 0 aliphatic heterocycles. The number of carbonyl (C=O) groups excluding carboxylic acids is 1. The van der Waals surface area contributed by atoms with Crippen molar-refractivity contribution in [3.63, 3.8) is 0 Å². The summed E-state index contributed by atoms with van der Waals surface area (Å²) in [7, 11) is 0. The Labute approximate surface area is 113 Å². The average Bonchev–Trinajstić information content (AvgIpc) is 2.38. The second kappa shape index (κ2) is 7.44. The standard InChI is InChI=1S/C14H21NO2S/c1-3-14(2,17)11-15-13(16)10-18-9-12-7-5-4-6-8-12/h4-8,17H,3,9-11H2,1-2H3,(H,15,16). The van der Waals surface area contributed by atoms with Crippen molar-refractivity contribution in [1.29, 1.82) is 0 Å². The molecule has 0 bridgehead atoms. The zero-order valence-electron chi connectivity index (χ0n) is 11.0. The zero-order chi connectivity index (χ0) is 13.4. The van der Waals surface area contributed by atoms with Crippen molar-refractivity contribution in [2.45, 2.75) is 31.6 Å². The Morgan fingerprint density at radius 2 is 2.06 bits per heavy atom. The van der Waals surface area contributed by atoms with Gasteiger partial charge in [-0.1, -0.05) is 37.3 Å². The van der Waals surface area contributed by atoms with E-state index in [0.29, 0.717) is 18.7 Å². The maximum Gasteiger partial charge on any atom is 0.230 e. The van der Waals surface area contributed by atoms with Gasteiger partial charge in [-0.2, -0.15) is 0 Å². The Morgan fingerprint density at radius 1 is 1.39 bits per heavy atom. The van der Waals surface area contributed by atoms with Crippen LogP contribution in [0.4, 0.5) is 0 Å². The molecule has 0 fully saturated rings. The van der Waals surface area contributed by atoms with Crippen LogP contribution in [0.15, 0.2) is 30.3 Å². The van der Waals surface area contributed by atoms with Gasteiger partial charge < -0.3 is 10.4 Å². The first-order valence-corrected chi connectivity index (χ1v) is 7.30. The molecule has 100 valence electrons. The minimum atomic E-state index is -0.806. The van der Waals surface area contributed by atoms with Crippen molar-refractivity contribution in [3.05, 3.63) is 35.9 Å². The number of hydrogen-bond donors (Lipinski definition) is 2. The van der Waals surface area contributed by atoms with E-state index in [4.69, 9.17) is 0 Å². The quantitative estimate of drug-likeness (QED) is 0.796. The average molecular weight is 267 g/mol. The van der Waals surface area contributed by atoms with Crippen LogP contribution in [0.2, 0.25) is 0 Å². The second-order valence-corrected chi connectivity index (χ2v) is 5.59. The van der Waals surface area contributed by atoms with Crippen molar-refractivity contribution in [1.82, 2.24) is 5.32 Å². The Morgan fingerprint density at radius 3 is 2.67 bits per heavy atom. The van der Waals surface area contributed by atoms with E-state index in [1.807, 2.05) is 37.3 Å². The van der Waals surface area contributed by atoms with Crippen LogP contribution in [0, 0.1) is 0 Å². The molecule has 1 unspecified atom stereocenters. The molecule has 1 rings (SSSR count). The molecular formula is C14H21NO2S. The molecule has 4 heteroatoms. The number of hydrogen-bond acceptors (Lipinski definition) is 3. The number of thioether (sulfide) groups is 1. The predicted octanol–water partition coefficient (Wildman–Crippen LogP) is 2.20. The van der Waals surface area contributed by atoms with E-state index < -0.39 is 5.60 Å². The van der Waals surface area contributed by atoms with Gasteiger partial charge in [-0.15, -0.1) is 11.8 Å². The monoisotopic (exact) mass is 267 g/mol. The predicted molar refractivity (Wildman–Crippen MR) is 76.5 cm³/mol. The molecule has 18 heavy (non-hydrogen) atoms. The van der Waals surface area contributed by atoms with Crippen molar-refractivity contribution in [3.8, 4) is 0 Å². The fourth-order valence-electron chi connectivity index (χ4n) is 1.30. The van der Waals surface area contributed by atoms with E-state index in [9.17, 15) is 9.90 Å². The molecule has 0 aliphatic carbocycles. The van der Waals surface area contributed by atoms with E-state index in [-0.39, 0.29) is 5.91 Å². The largest absolute Gasteiger partial charge is 0.388 e. The first-order valence-electron chi connectivity index (χ1n) is 6.14. The fourth-order valence-corrected chi connectivity index (χ4v) is 2.12. The lowest BCUT2D eigenvalue weighted by atomic mass is 10.0. The SMILES string of the molecule is CCC(C)(O)CNC(=O)CSCc1ccccc1. The smallest absolute Gasteiger partial charge is 0.230 e. The van der Waals surface area contributed by atoms with Crippen LogP contribution >= 0.6 is 11.8 Å². The highest BCUT2D eigenvalue weighted by Gasteiger charge is 2.17. The summed E-state index contributed by atoms with van der Waals surface area (Å²) in [6, 6.07) is 10.1. The first kappa shape index (κ1) is 15.1. The van der Waals surface area contributed by atoms with Gasteiger partial charge in [0.25, 0.3) is 0 Å². The fraction of sp³-hybridized carbons (Fsp3) is 0.500. The normalized spacial score (nSPS) is 13.9. The molecule has 1 aromatic rings. The number of nitrogens with one attached hydrogen (secondary N) is 1. The lowest BCUT2D eigenvalue weighted by Crippen LogP contribution is -2.40. The summed E-state index contributed by atoms with van der Waals surface area (Å²) in [5.74, 6) is 1.23. The van der Waals surface area contributed by atoms with E-state index in [2.05, 4.69) is 5.32 Å². The van der Waals surface area contributed by atoms with Crippen LogP contribution in [0.3, 0.4) is 0 Å². The minimum Gasteiger partial charge on any atom is -0.388 e. The summed E-state index contributed by atoms with van der Waals surface area (Å²) in [4.78, 5) is 11.6. The van der Waals surface area contributed by atoms with E-state index in [1.54, 1.807) is 18.7 Å². The number of aliphatic hydroxyl groups is 1. The lowest BCUT2D eigenvalue weighted by Gasteiger charge is -2.21. The molecule has 0 radical (unpaired) electrons. The molecule has 0 heterocycles. The molecule has 1 aromatic carbocycles. The molecule has 0 aliphatic rings. The number of carbonyl (C=O) groups is 1. The summed E-state index contributed by atoms with van der Waals surface area (Å²) in [5, 5.41) is 12.5. The third-order valence-corrected chi connectivity index (χ3v) is 3.78. The molecule has 1 atom stereocenters. The van der Waals surface area contributed by atoms with Crippen molar-refractivity contribution in [2.24, 2.45) is 0 Å². The van der Waals surface area contributed by atoms with E-state index >= 15 is 0 Å². The van der Waals surface area contributed by atoms with Gasteiger partial charge in [-0.25, -0.2) is 0 Å². The van der Waals surface area contributed by atoms with E-state index in [0.717, 1.165) is 5.75 Å². The topological polar surface area (TPSA) is 49.3 Å². The highest BCUT2D eigenvalue weighted by molar-refractivity contribution is 7.99. The van der Waals surface area contributed by atoms with Gasteiger partial charge in [-0.05, 0) is 18.9 Å². The van der Waals surface area contributed by atoms with Gasteiger partial charge in [0, 0.05) is 12.3 Å². The maximum absolute atomic E-state index is 11.6. The molecular weight excluding hydrogens is 246 g/mol. The van der Waals surface area contributed by atoms with Gasteiger partial charge in [0.15, 0.2) is 0 Å². The first-order chi connectivity index (χ1) is 8.53. The van der Waals surface area contributed by atoms with Gasteiger partial charge in [0.2, 0.25) is 5.91 Å². The number of benzene rings is 1. The summed E-state index contributed by atoms with van der Waals surface area (Å²) in [5.41, 5.74) is 0.413. The van der Waals surface area contributed by atoms with Crippen LogP contribution in [-0.2, 0) is 10.5 Å². The van der Waals surface area contributed by atoms with Crippen molar-refractivity contribution in [2.75, 3.05) is 12.3 Å². The Kier molecular flexibility index (Phi) is 6.22. The molecule has 1 amide bonds. The summed E-state index contributed by atoms with van der Waals surface area (Å²) < 4.78 is 0. The number of rotatable bonds is 7. The molecule has 0 spiro atoms. The van der Waals surface area contributed by atoms with Crippen LogP contribution < -0.4 is 5.32 Å². The van der Waals surface area contributed by atoms with Crippen LogP contribution in [0.1, 0.15) is 25.8 Å². The molecule has 0 saturated carbocycles. The third-order valence-electron chi connectivity index (χ3n) is 2.77. The molecule has 0 saturated heterocycles. The maximum atomic E-state index is 11.6. The molecule has 0 aromatic heterocycles. The molecule has 2 N–H and O–H groups in total. The third kappa shape index (κ3) is 6.07. The van der Waals surface area contributed by atoms with Gasteiger partial charge in [0.1, 0.15) is 0 Å². The zero-order valence-corrected chi connectivity index (χ0v) is 11.8. The lowest BCUT2D eigenvalue weighted by molar-refractivity contribution is -0.119. The second-order valence-electron chi connectivity index (χ2n) is 4.61. The summed E-state index contributed by atoms with van der Waals surface area (Å²) in [6.45, 7) is 3.94. The Hall–Kier alpha value is -1.00. The Bertz CT molecular complexity index is 365. The summed E-state index contributed by atoms with van der Waals surface area (Å²) in [6.07, 6.45) is 0.629. The van der Waals surface area contributed by atoms with Gasteiger partial charge in [-0.3, -0.25) is 4.79 Å². The van der Waals surface area contributed by atoms with Crippen molar-refractivity contribution < 1.29 is 9.90 Å². The van der Waals surface area contributed by atoms with Crippen LogP contribution in [-0.4, -0.2) is 28.9 Å². The van der Waals surface area contributed by atoms with Crippen molar-refractivity contribution >= 4 is 17.7 Å². The highest BCUT2D eigenvalue weighted by Crippen LogP contribution is 2.11. The highest BCUT2D eigenvalue weighted by atomic mass is 32.2.